The van der Waals surface area contributed by atoms with E-state index in [1.54, 1.807) is 0 Å². The van der Waals surface area contributed by atoms with Crippen LogP contribution in [0.25, 0.3) is 0 Å². The Hall–Kier alpha value is -3.16. The van der Waals surface area contributed by atoms with E-state index in [-0.39, 0.29) is 30.9 Å². The first kappa shape index (κ1) is 30.0. The van der Waals surface area contributed by atoms with E-state index >= 15 is 0 Å². The summed E-state index contributed by atoms with van der Waals surface area (Å²) < 4.78 is 8.60. The van der Waals surface area contributed by atoms with Crippen LogP contribution in [-0.2, 0) is 19.1 Å². The number of ether oxygens (including phenoxy) is 2. The Morgan fingerprint density at radius 2 is 1.32 bits per heavy atom. The van der Waals surface area contributed by atoms with Crippen LogP contribution < -0.4 is 0 Å². The molecule has 0 radical (unpaired) electrons. The number of carbonyl (C=O) groups excluding carboxylic acids is 2. The highest BCUT2D eigenvalue weighted by Crippen LogP contribution is 2.04. The molecule has 1 unspecified atom stereocenters. The normalized spacial score (nSPS) is 12.2. The van der Waals surface area contributed by atoms with Gasteiger partial charge in [-0.3, -0.25) is 0 Å². The van der Waals surface area contributed by atoms with Crippen LogP contribution in [0.5, 0.6) is 0 Å². The fraction of sp³-hybridized carbons (Fsp3) is 0.368. The molecule has 0 aliphatic carbocycles. The SMILES string of the molecule is CC(O)CO.O=C(O)c1cccc(C(=O)O)c1.O=C1C=CC(=O)O1.OCCOCCO. The number of carbonyl (C=O) groups is 4. The third-order valence-electron chi connectivity index (χ3n) is 2.65. The molecule has 0 amide bonds. The zero-order chi connectivity index (χ0) is 24.2. The van der Waals surface area contributed by atoms with Gasteiger partial charge in [0.15, 0.2) is 0 Å². The van der Waals surface area contributed by atoms with Gasteiger partial charge < -0.3 is 40.1 Å². The van der Waals surface area contributed by atoms with Gasteiger partial charge >= 0.3 is 23.9 Å². The van der Waals surface area contributed by atoms with Gasteiger partial charge in [-0.2, -0.15) is 0 Å². The van der Waals surface area contributed by atoms with E-state index in [2.05, 4.69) is 9.47 Å². The third kappa shape index (κ3) is 18.6. The number of esters is 2. The number of aliphatic hydroxyl groups is 4. The van der Waals surface area contributed by atoms with Crippen molar-refractivity contribution in [3.05, 3.63) is 47.5 Å². The van der Waals surface area contributed by atoms with Gasteiger partial charge in [0.1, 0.15) is 0 Å². The van der Waals surface area contributed by atoms with E-state index in [0.717, 1.165) is 18.2 Å². The largest absolute Gasteiger partial charge is 0.478 e. The van der Waals surface area contributed by atoms with Crippen LogP contribution in [0.1, 0.15) is 27.6 Å². The Kier molecular flexibility index (Phi) is 18.3. The van der Waals surface area contributed by atoms with Crippen molar-refractivity contribution in [1.29, 1.82) is 0 Å². The summed E-state index contributed by atoms with van der Waals surface area (Å²) >= 11 is 0. The molecule has 12 nitrogen and oxygen atoms in total. The molecule has 0 saturated carbocycles. The van der Waals surface area contributed by atoms with Gasteiger partial charge in [-0.05, 0) is 25.1 Å². The lowest BCUT2D eigenvalue weighted by atomic mass is 10.1. The molecule has 0 aromatic heterocycles. The lowest BCUT2D eigenvalue weighted by Crippen LogP contribution is -2.03. The van der Waals surface area contributed by atoms with Gasteiger partial charge in [0.25, 0.3) is 0 Å². The second-order valence-corrected chi connectivity index (χ2v) is 5.36. The van der Waals surface area contributed by atoms with Crippen molar-refractivity contribution < 1.29 is 59.3 Å². The highest BCUT2D eigenvalue weighted by molar-refractivity contribution is 6.04. The lowest BCUT2D eigenvalue weighted by Gasteiger charge is -1.95. The summed E-state index contributed by atoms with van der Waals surface area (Å²) in [5, 5.41) is 49.2. The Balaban J connectivity index is 0. The molecular formula is C19H26O12. The monoisotopic (exact) mass is 446 g/mol. The number of aromatic carboxylic acids is 2. The summed E-state index contributed by atoms with van der Waals surface area (Å²) in [5.41, 5.74) is -0.0372. The summed E-state index contributed by atoms with van der Waals surface area (Å²) in [6, 6.07) is 5.20. The topological polar surface area (TPSA) is 208 Å². The van der Waals surface area contributed by atoms with Crippen LogP contribution in [0.4, 0.5) is 0 Å². The summed E-state index contributed by atoms with van der Waals surface area (Å²) in [5.74, 6) is -3.41. The number of benzene rings is 1. The standard InChI is InChI=1S/C8H6O4.C4H2O3.C4H10O3.C3H8O2/c9-7(10)5-2-1-3-6(4-5)8(11)12;5-3-1-2-4(6)7-3;5-1-3-7-4-2-6;1-3(5)2-4/h1-4H,(H,9,10)(H,11,12);1-2H;5-6H,1-4H2;3-5H,2H2,1H3. The van der Waals surface area contributed by atoms with Crippen molar-refractivity contribution in [2.24, 2.45) is 0 Å². The van der Waals surface area contributed by atoms with Crippen LogP contribution in [0.15, 0.2) is 36.4 Å². The number of carboxylic acids is 2. The predicted octanol–water partition coefficient (Wildman–Crippen LogP) is -0.944. The summed E-state index contributed by atoms with van der Waals surface area (Å²) in [6.07, 6.45) is 1.61. The Morgan fingerprint density at radius 1 is 0.935 bits per heavy atom. The first-order chi connectivity index (χ1) is 14.6. The van der Waals surface area contributed by atoms with E-state index < -0.39 is 30.0 Å². The van der Waals surface area contributed by atoms with Gasteiger partial charge in [-0.25, -0.2) is 19.2 Å². The molecule has 174 valence electrons. The van der Waals surface area contributed by atoms with Crippen molar-refractivity contribution in [1.82, 2.24) is 0 Å². The average molecular weight is 446 g/mol. The van der Waals surface area contributed by atoms with E-state index in [4.69, 9.17) is 30.6 Å². The molecule has 1 aromatic carbocycles. The van der Waals surface area contributed by atoms with Crippen molar-refractivity contribution in [3.8, 4) is 0 Å². The zero-order valence-corrected chi connectivity index (χ0v) is 16.7. The maximum absolute atomic E-state index is 10.4. The quantitative estimate of drug-likeness (QED) is 0.170. The third-order valence-corrected chi connectivity index (χ3v) is 2.65. The molecule has 12 heteroatoms. The molecule has 0 spiro atoms. The Morgan fingerprint density at radius 3 is 1.55 bits per heavy atom. The van der Waals surface area contributed by atoms with Crippen LogP contribution in [-0.4, -0.2) is 93.7 Å². The van der Waals surface area contributed by atoms with Gasteiger partial charge in [-0.15, -0.1) is 0 Å². The summed E-state index contributed by atoms with van der Waals surface area (Å²) in [7, 11) is 0. The molecule has 1 heterocycles. The fourth-order valence-electron chi connectivity index (χ4n) is 1.32. The van der Waals surface area contributed by atoms with Crippen molar-refractivity contribution in [2.75, 3.05) is 33.0 Å². The molecular weight excluding hydrogens is 420 g/mol. The molecule has 6 N–H and O–H groups in total. The minimum Gasteiger partial charge on any atom is -0.478 e. The van der Waals surface area contributed by atoms with Gasteiger partial charge in [0.05, 0.1) is 50.3 Å². The number of hydrogen-bond donors (Lipinski definition) is 6. The van der Waals surface area contributed by atoms with Gasteiger partial charge in [0, 0.05) is 12.2 Å². The van der Waals surface area contributed by atoms with Crippen LogP contribution >= 0.6 is 0 Å². The first-order valence-corrected chi connectivity index (χ1v) is 8.67. The van der Waals surface area contributed by atoms with E-state index in [1.807, 2.05) is 0 Å². The average Bonchev–Trinajstić information content (AvgIpc) is 3.12. The number of hydrogen-bond acceptors (Lipinski definition) is 10. The number of aliphatic hydroxyl groups excluding tert-OH is 4. The molecule has 31 heavy (non-hydrogen) atoms. The molecule has 0 fully saturated rings. The van der Waals surface area contributed by atoms with E-state index in [9.17, 15) is 19.2 Å². The second-order valence-electron chi connectivity index (χ2n) is 5.36. The molecule has 1 aromatic rings. The highest BCUT2D eigenvalue weighted by atomic mass is 16.6. The van der Waals surface area contributed by atoms with Crippen molar-refractivity contribution in [3.63, 3.8) is 0 Å². The molecule has 1 atom stereocenters. The van der Waals surface area contributed by atoms with Gasteiger partial charge in [-0.1, -0.05) is 6.07 Å². The summed E-state index contributed by atoms with van der Waals surface area (Å²) in [4.78, 5) is 40.6. The Labute approximate surface area is 177 Å². The van der Waals surface area contributed by atoms with E-state index in [0.29, 0.717) is 13.2 Å². The van der Waals surface area contributed by atoms with Crippen LogP contribution in [0, 0.1) is 0 Å². The summed E-state index contributed by atoms with van der Waals surface area (Å²) in [6.45, 7) is 2.08. The van der Waals surface area contributed by atoms with Crippen LogP contribution in [0.2, 0.25) is 0 Å². The smallest absolute Gasteiger partial charge is 0.338 e. The van der Waals surface area contributed by atoms with E-state index in [1.165, 1.54) is 25.1 Å². The number of carboxylic acid groups (broad SMARTS) is 2. The maximum Gasteiger partial charge on any atom is 0.338 e. The fourth-order valence-corrected chi connectivity index (χ4v) is 1.32. The zero-order valence-electron chi connectivity index (χ0n) is 16.7. The number of cyclic esters (lactones) is 2. The second kappa shape index (κ2) is 18.8. The molecule has 0 saturated heterocycles. The minimum atomic E-state index is -1.13. The lowest BCUT2D eigenvalue weighted by molar-refractivity contribution is -0.150. The molecule has 1 aliphatic rings. The van der Waals surface area contributed by atoms with Gasteiger partial charge in [0.2, 0.25) is 0 Å². The first-order valence-electron chi connectivity index (χ1n) is 8.67. The molecule has 1 aliphatic heterocycles. The minimum absolute atomic E-state index is 0.0186. The molecule has 2 rings (SSSR count). The Bertz CT molecular complexity index is 662. The van der Waals surface area contributed by atoms with Crippen molar-refractivity contribution >= 4 is 23.9 Å². The highest BCUT2D eigenvalue weighted by Gasteiger charge is 2.10. The molecule has 0 bridgehead atoms. The maximum atomic E-state index is 10.4. The predicted molar refractivity (Wildman–Crippen MR) is 104 cm³/mol. The van der Waals surface area contributed by atoms with Crippen LogP contribution in [0.3, 0.4) is 0 Å². The van der Waals surface area contributed by atoms with Crippen molar-refractivity contribution in [2.45, 2.75) is 13.0 Å². The number of rotatable bonds is 7.